The number of para-hydroxylation sites is 1. The fourth-order valence-corrected chi connectivity index (χ4v) is 5.39. The Morgan fingerprint density at radius 2 is 2.00 bits per heavy atom. The zero-order valence-corrected chi connectivity index (χ0v) is 16.5. The van der Waals surface area contributed by atoms with Crippen molar-refractivity contribution in [2.75, 3.05) is 39.3 Å². The minimum absolute atomic E-state index is 0.0926. The summed E-state index contributed by atoms with van der Waals surface area (Å²) in [6.07, 6.45) is 7.60. The molecular weight excluding hydrogens is 350 g/mol. The smallest absolute Gasteiger partial charge is 0.256 e. The first-order chi connectivity index (χ1) is 13.7. The lowest BCUT2D eigenvalue weighted by atomic mass is 9.86. The van der Waals surface area contributed by atoms with Crippen LogP contribution < -0.4 is 0 Å². The van der Waals surface area contributed by atoms with Crippen LogP contribution in [0.5, 0.6) is 0 Å². The molecule has 1 spiro atoms. The van der Waals surface area contributed by atoms with Gasteiger partial charge in [0, 0.05) is 31.2 Å². The van der Waals surface area contributed by atoms with Crippen molar-refractivity contribution in [1.82, 2.24) is 14.8 Å². The number of piperidine rings is 1. The van der Waals surface area contributed by atoms with Crippen LogP contribution in [-0.2, 0) is 4.74 Å². The van der Waals surface area contributed by atoms with Gasteiger partial charge in [-0.1, -0.05) is 18.2 Å². The Bertz CT molecular complexity index is 859. The second-order valence-corrected chi connectivity index (χ2v) is 8.78. The van der Waals surface area contributed by atoms with Gasteiger partial charge in [-0.3, -0.25) is 9.78 Å². The number of nitrogens with zero attached hydrogens (tertiary/aromatic N) is 3. The normalized spacial score (nSPS) is 28.4. The van der Waals surface area contributed by atoms with E-state index in [9.17, 15) is 4.79 Å². The van der Waals surface area contributed by atoms with Gasteiger partial charge in [0.05, 0.1) is 23.3 Å². The van der Waals surface area contributed by atoms with E-state index < -0.39 is 0 Å². The number of rotatable bonds is 3. The standard InChI is InChI=1S/C23H29N3O2/c27-22(20-8-3-6-19-7-4-10-24-21(19)20)26-13-5-9-23(17-26)14-18(16-28-23)15-25-11-1-2-12-25/h3-4,6-8,10,18H,1-2,5,9,11-17H2. The third kappa shape index (κ3) is 3.42. The van der Waals surface area contributed by atoms with Crippen LogP contribution in [0.1, 0.15) is 42.5 Å². The van der Waals surface area contributed by atoms with E-state index >= 15 is 0 Å². The molecule has 1 aromatic carbocycles. The summed E-state index contributed by atoms with van der Waals surface area (Å²) in [5.41, 5.74) is 1.37. The fourth-order valence-electron chi connectivity index (χ4n) is 5.39. The zero-order chi connectivity index (χ0) is 19.0. The van der Waals surface area contributed by atoms with Crippen LogP contribution in [0.3, 0.4) is 0 Å². The summed E-state index contributed by atoms with van der Waals surface area (Å²) in [7, 11) is 0. The molecule has 1 amide bonds. The molecular formula is C23H29N3O2. The average Bonchev–Trinajstić information content (AvgIpc) is 3.38. The second kappa shape index (κ2) is 7.45. The van der Waals surface area contributed by atoms with Crippen LogP contribution >= 0.6 is 0 Å². The number of hydrogen-bond donors (Lipinski definition) is 0. The monoisotopic (exact) mass is 379 g/mol. The topological polar surface area (TPSA) is 45.7 Å². The molecule has 3 aliphatic heterocycles. The number of amides is 1. The number of pyridine rings is 1. The van der Waals surface area contributed by atoms with E-state index in [0.29, 0.717) is 18.0 Å². The summed E-state index contributed by atoms with van der Waals surface area (Å²) in [6, 6.07) is 9.80. The molecule has 0 aliphatic carbocycles. The van der Waals surface area contributed by atoms with Gasteiger partial charge in [0.1, 0.15) is 0 Å². The number of carbonyl (C=O) groups excluding carboxylic acids is 1. The summed E-state index contributed by atoms with van der Waals surface area (Å²) < 4.78 is 6.37. The third-order valence-electron chi connectivity index (χ3n) is 6.69. The minimum Gasteiger partial charge on any atom is -0.373 e. The Morgan fingerprint density at radius 1 is 1.14 bits per heavy atom. The number of likely N-dealkylation sites (tertiary alicyclic amines) is 2. The lowest BCUT2D eigenvalue weighted by Crippen LogP contribution is -2.50. The molecule has 2 unspecified atom stereocenters. The predicted molar refractivity (Wildman–Crippen MR) is 109 cm³/mol. The third-order valence-corrected chi connectivity index (χ3v) is 6.69. The van der Waals surface area contributed by atoms with E-state index in [4.69, 9.17) is 4.74 Å². The highest BCUT2D eigenvalue weighted by atomic mass is 16.5. The van der Waals surface area contributed by atoms with Crippen LogP contribution in [-0.4, -0.2) is 65.6 Å². The number of aromatic nitrogens is 1. The van der Waals surface area contributed by atoms with Crippen molar-refractivity contribution in [1.29, 1.82) is 0 Å². The molecule has 2 aromatic rings. The number of benzene rings is 1. The van der Waals surface area contributed by atoms with Gasteiger partial charge in [-0.2, -0.15) is 0 Å². The maximum atomic E-state index is 13.3. The fraction of sp³-hybridized carbons (Fsp3) is 0.565. The van der Waals surface area contributed by atoms with Crippen molar-refractivity contribution in [3.63, 3.8) is 0 Å². The molecule has 3 saturated heterocycles. The molecule has 5 nitrogen and oxygen atoms in total. The van der Waals surface area contributed by atoms with E-state index in [2.05, 4.69) is 9.88 Å². The second-order valence-electron chi connectivity index (χ2n) is 8.78. The van der Waals surface area contributed by atoms with Gasteiger partial charge in [0.25, 0.3) is 5.91 Å². The molecule has 0 N–H and O–H groups in total. The lowest BCUT2D eigenvalue weighted by molar-refractivity contribution is -0.0450. The Kier molecular flexibility index (Phi) is 4.81. The van der Waals surface area contributed by atoms with Crippen molar-refractivity contribution in [3.8, 4) is 0 Å². The van der Waals surface area contributed by atoms with Gasteiger partial charge < -0.3 is 14.5 Å². The SMILES string of the molecule is O=C(c1cccc2cccnc12)N1CCCC2(CC(CN3CCCC3)CO2)C1. The Balaban J connectivity index is 1.31. The number of hydrogen-bond acceptors (Lipinski definition) is 4. The van der Waals surface area contributed by atoms with Gasteiger partial charge in [0.2, 0.25) is 0 Å². The number of fused-ring (bicyclic) bond motifs is 1. The highest BCUT2D eigenvalue weighted by Gasteiger charge is 2.45. The maximum absolute atomic E-state index is 13.3. The van der Waals surface area contributed by atoms with Gasteiger partial charge in [-0.05, 0) is 63.2 Å². The van der Waals surface area contributed by atoms with E-state index in [1.54, 1.807) is 6.20 Å². The first-order valence-corrected chi connectivity index (χ1v) is 10.7. The van der Waals surface area contributed by atoms with Crippen LogP contribution in [0, 0.1) is 5.92 Å². The molecule has 3 aliphatic rings. The highest BCUT2D eigenvalue weighted by Crippen LogP contribution is 2.38. The first kappa shape index (κ1) is 18.1. The highest BCUT2D eigenvalue weighted by molar-refractivity contribution is 6.05. The van der Waals surface area contributed by atoms with Crippen LogP contribution in [0.25, 0.3) is 10.9 Å². The molecule has 0 radical (unpaired) electrons. The molecule has 28 heavy (non-hydrogen) atoms. The summed E-state index contributed by atoms with van der Waals surface area (Å²) in [5.74, 6) is 0.697. The summed E-state index contributed by atoms with van der Waals surface area (Å²) in [6.45, 7) is 6.00. The van der Waals surface area contributed by atoms with Crippen LogP contribution in [0.4, 0.5) is 0 Å². The van der Waals surface area contributed by atoms with Crippen molar-refractivity contribution in [3.05, 3.63) is 42.1 Å². The van der Waals surface area contributed by atoms with Crippen LogP contribution in [0.15, 0.2) is 36.5 Å². The molecule has 2 atom stereocenters. The van der Waals surface area contributed by atoms with E-state index in [1.807, 2.05) is 35.2 Å². The largest absolute Gasteiger partial charge is 0.373 e. The summed E-state index contributed by atoms with van der Waals surface area (Å²) in [5, 5.41) is 1.02. The minimum atomic E-state index is -0.143. The molecule has 0 saturated carbocycles. The molecule has 1 aromatic heterocycles. The molecule has 4 heterocycles. The molecule has 0 bridgehead atoms. The van der Waals surface area contributed by atoms with Crippen molar-refractivity contribution in [2.24, 2.45) is 5.92 Å². The lowest BCUT2D eigenvalue weighted by Gasteiger charge is -2.40. The molecule has 3 fully saturated rings. The van der Waals surface area contributed by atoms with Crippen molar-refractivity contribution >= 4 is 16.8 Å². The molecule has 5 rings (SSSR count). The summed E-state index contributed by atoms with van der Waals surface area (Å²) in [4.78, 5) is 22.4. The number of carbonyl (C=O) groups is 1. The summed E-state index contributed by atoms with van der Waals surface area (Å²) >= 11 is 0. The van der Waals surface area contributed by atoms with Crippen molar-refractivity contribution < 1.29 is 9.53 Å². The Labute approximate surface area is 166 Å². The van der Waals surface area contributed by atoms with Gasteiger partial charge in [-0.15, -0.1) is 0 Å². The quantitative estimate of drug-likeness (QED) is 0.821. The molecule has 148 valence electrons. The maximum Gasteiger partial charge on any atom is 0.256 e. The Morgan fingerprint density at radius 3 is 2.89 bits per heavy atom. The van der Waals surface area contributed by atoms with E-state index in [1.165, 1.54) is 25.9 Å². The van der Waals surface area contributed by atoms with Gasteiger partial charge in [0.15, 0.2) is 0 Å². The van der Waals surface area contributed by atoms with Crippen LogP contribution in [0.2, 0.25) is 0 Å². The van der Waals surface area contributed by atoms with E-state index in [-0.39, 0.29) is 11.5 Å². The number of ether oxygens (including phenoxy) is 1. The Hall–Kier alpha value is -1.98. The first-order valence-electron chi connectivity index (χ1n) is 10.7. The van der Waals surface area contributed by atoms with Gasteiger partial charge in [-0.25, -0.2) is 0 Å². The predicted octanol–water partition coefficient (Wildman–Crippen LogP) is 3.34. The van der Waals surface area contributed by atoms with Gasteiger partial charge >= 0.3 is 0 Å². The molecule has 5 heteroatoms. The zero-order valence-electron chi connectivity index (χ0n) is 16.5. The van der Waals surface area contributed by atoms with E-state index in [0.717, 1.165) is 49.9 Å². The average molecular weight is 380 g/mol. The van der Waals surface area contributed by atoms with Crippen molar-refractivity contribution in [2.45, 2.75) is 37.7 Å².